The number of aliphatic hydroxyl groups excluding tert-OH is 1. The van der Waals surface area contributed by atoms with Crippen molar-refractivity contribution in [3.8, 4) is 0 Å². The Labute approximate surface area is 85.8 Å². The van der Waals surface area contributed by atoms with Crippen LogP contribution in [0.25, 0.3) is 0 Å². The van der Waals surface area contributed by atoms with Gasteiger partial charge in [0, 0.05) is 19.2 Å². The molecule has 13 heavy (non-hydrogen) atoms. The molecule has 0 amide bonds. The summed E-state index contributed by atoms with van der Waals surface area (Å²) in [4.78, 5) is 0. The maximum Gasteiger partial charge on any atom is 0.0434 e. The maximum absolute atomic E-state index is 8.84. The van der Waals surface area contributed by atoms with Crippen molar-refractivity contribution in [3.63, 3.8) is 0 Å². The molecule has 3 nitrogen and oxygen atoms in total. The maximum atomic E-state index is 8.84. The van der Waals surface area contributed by atoms with Crippen molar-refractivity contribution in [2.24, 2.45) is 5.92 Å². The Hall–Kier alpha value is 0.230. The molecule has 0 saturated heterocycles. The summed E-state index contributed by atoms with van der Waals surface area (Å²) in [5, 5.41) is 12.2. The van der Waals surface area contributed by atoms with Crippen LogP contribution in [0.4, 0.5) is 0 Å². The quantitative estimate of drug-likeness (QED) is 0.515. The summed E-state index contributed by atoms with van der Waals surface area (Å²) < 4.78 is 3.22. The van der Waals surface area contributed by atoms with E-state index in [9.17, 15) is 0 Å². The monoisotopic (exact) mass is 206 g/mol. The zero-order valence-corrected chi connectivity index (χ0v) is 9.66. The van der Waals surface area contributed by atoms with Gasteiger partial charge in [0.05, 0.1) is 0 Å². The topological polar surface area (TPSA) is 44.3 Å². The van der Waals surface area contributed by atoms with Crippen molar-refractivity contribution in [1.82, 2.24) is 10.0 Å². The molecule has 0 aromatic rings. The normalized spacial score (nSPS) is 13.6. The van der Waals surface area contributed by atoms with Gasteiger partial charge in [-0.2, -0.15) is 0 Å². The van der Waals surface area contributed by atoms with Crippen LogP contribution in [0, 0.1) is 5.92 Å². The van der Waals surface area contributed by atoms with Gasteiger partial charge in [0.2, 0.25) is 0 Å². The third kappa shape index (κ3) is 8.56. The summed E-state index contributed by atoms with van der Waals surface area (Å²) in [6, 6.07) is 0.524. The SMILES string of the molecule is CSNCC(CCO)CNC(C)C. The van der Waals surface area contributed by atoms with E-state index >= 15 is 0 Å². The van der Waals surface area contributed by atoms with Gasteiger partial charge in [-0.25, -0.2) is 0 Å². The second kappa shape index (κ2) is 8.81. The number of hydrogen-bond donors (Lipinski definition) is 3. The minimum atomic E-state index is 0.278. The molecule has 4 heteroatoms. The Morgan fingerprint density at radius 3 is 2.46 bits per heavy atom. The molecular formula is C9H22N2OS. The van der Waals surface area contributed by atoms with Crippen LogP contribution in [0.3, 0.4) is 0 Å². The highest BCUT2D eigenvalue weighted by Gasteiger charge is 2.07. The summed E-state index contributed by atoms with van der Waals surface area (Å²) in [5.74, 6) is 0.528. The van der Waals surface area contributed by atoms with E-state index in [2.05, 4.69) is 23.9 Å². The summed E-state index contributed by atoms with van der Waals surface area (Å²) in [6.07, 6.45) is 2.89. The highest BCUT2D eigenvalue weighted by molar-refractivity contribution is 7.96. The number of aliphatic hydroxyl groups is 1. The van der Waals surface area contributed by atoms with Crippen LogP contribution < -0.4 is 10.0 Å². The average Bonchev–Trinajstić information content (AvgIpc) is 2.09. The van der Waals surface area contributed by atoms with Crippen molar-refractivity contribution in [1.29, 1.82) is 0 Å². The van der Waals surface area contributed by atoms with E-state index in [4.69, 9.17) is 5.11 Å². The standard InChI is InChI=1S/C9H22N2OS/c1-8(2)10-6-9(4-5-12)7-11-13-3/h8-12H,4-7H2,1-3H3. The summed E-state index contributed by atoms with van der Waals surface area (Å²) in [7, 11) is 0. The Bertz CT molecular complexity index is 112. The summed E-state index contributed by atoms with van der Waals surface area (Å²) in [6.45, 7) is 6.49. The van der Waals surface area contributed by atoms with Gasteiger partial charge in [0.1, 0.15) is 0 Å². The predicted octanol–water partition coefficient (Wildman–Crippen LogP) is 0.851. The molecule has 0 heterocycles. The van der Waals surface area contributed by atoms with Crippen molar-refractivity contribution < 1.29 is 5.11 Å². The van der Waals surface area contributed by atoms with Gasteiger partial charge < -0.3 is 10.4 Å². The molecule has 80 valence electrons. The molecule has 0 aromatic carbocycles. The second-order valence-electron chi connectivity index (χ2n) is 3.49. The molecule has 3 N–H and O–H groups in total. The lowest BCUT2D eigenvalue weighted by atomic mass is 10.1. The fourth-order valence-electron chi connectivity index (χ4n) is 1.06. The molecule has 0 bridgehead atoms. The van der Waals surface area contributed by atoms with Gasteiger partial charge in [-0.1, -0.05) is 25.8 Å². The molecule has 0 spiro atoms. The Balaban J connectivity index is 3.53. The lowest BCUT2D eigenvalue weighted by Crippen LogP contribution is -2.33. The smallest absolute Gasteiger partial charge is 0.0434 e. The molecule has 0 fully saturated rings. The molecule has 0 rings (SSSR count). The van der Waals surface area contributed by atoms with Crippen LogP contribution in [0.2, 0.25) is 0 Å². The first-order valence-electron chi connectivity index (χ1n) is 4.80. The van der Waals surface area contributed by atoms with Gasteiger partial charge >= 0.3 is 0 Å². The first-order chi connectivity index (χ1) is 6.20. The lowest BCUT2D eigenvalue weighted by molar-refractivity contribution is 0.253. The van der Waals surface area contributed by atoms with Crippen LogP contribution >= 0.6 is 11.9 Å². The fourth-order valence-corrected chi connectivity index (χ4v) is 1.46. The Morgan fingerprint density at radius 2 is 2.00 bits per heavy atom. The zero-order chi connectivity index (χ0) is 10.1. The minimum absolute atomic E-state index is 0.278. The van der Waals surface area contributed by atoms with E-state index in [1.807, 2.05) is 6.26 Å². The summed E-state index contributed by atoms with van der Waals surface area (Å²) >= 11 is 1.63. The van der Waals surface area contributed by atoms with E-state index in [0.717, 1.165) is 19.5 Å². The van der Waals surface area contributed by atoms with E-state index in [1.165, 1.54) is 0 Å². The largest absolute Gasteiger partial charge is 0.396 e. The third-order valence-corrected chi connectivity index (χ3v) is 2.32. The van der Waals surface area contributed by atoms with Crippen molar-refractivity contribution in [2.45, 2.75) is 26.3 Å². The van der Waals surface area contributed by atoms with Crippen molar-refractivity contribution in [2.75, 3.05) is 26.0 Å². The van der Waals surface area contributed by atoms with Crippen LogP contribution in [-0.4, -0.2) is 37.1 Å². The van der Waals surface area contributed by atoms with Crippen LogP contribution in [0.1, 0.15) is 20.3 Å². The van der Waals surface area contributed by atoms with Gasteiger partial charge in [0.25, 0.3) is 0 Å². The molecule has 0 saturated carbocycles. The van der Waals surface area contributed by atoms with E-state index in [-0.39, 0.29) is 6.61 Å². The van der Waals surface area contributed by atoms with Crippen molar-refractivity contribution >= 4 is 11.9 Å². The molecule has 0 aliphatic carbocycles. The Kier molecular flexibility index (Phi) is 8.97. The van der Waals surface area contributed by atoms with E-state index in [0.29, 0.717) is 12.0 Å². The fraction of sp³-hybridized carbons (Fsp3) is 1.00. The van der Waals surface area contributed by atoms with Gasteiger partial charge in [0.15, 0.2) is 0 Å². The molecular weight excluding hydrogens is 184 g/mol. The molecule has 0 aliphatic heterocycles. The first-order valence-corrected chi connectivity index (χ1v) is 6.03. The molecule has 1 unspecified atom stereocenters. The highest BCUT2D eigenvalue weighted by Crippen LogP contribution is 2.01. The van der Waals surface area contributed by atoms with E-state index in [1.54, 1.807) is 11.9 Å². The predicted molar refractivity (Wildman–Crippen MR) is 59.8 cm³/mol. The van der Waals surface area contributed by atoms with Crippen LogP contribution in [-0.2, 0) is 0 Å². The number of hydrogen-bond acceptors (Lipinski definition) is 4. The average molecular weight is 206 g/mol. The minimum Gasteiger partial charge on any atom is -0.396 e. The second-order valence-corrected chi connectivity index (χ2v) is 4.19. The molecule has 1 atom stereocenters. The van der Waals surface area contributed by atoms with Crippen molar-refractivity contribution in [3.05, 3.63) is 0 Å². The zero-order valence-electron chi connectivity index (χ0n) is 8.84. The molecule has 0 aliphatic rings. The van der Waals surface area contributed by atoms with Gasteiger partial charge in [-0.15, -0.1) is 0 Å². The molecule has 0 radical (unpaired) electrons. The van der Waals surface area contributed by atoms with Crippen LogP contribution in [0.5, 0.6) is 0 Å². The van der Waals surface area contributed by atoms with Gasteiger partial charge in [-0.05, 0) is 25.1 Å². The Morgan fingerprint density at radius 1 is 1.31 bits per heavy atom. The lowest BCUT2D eigenvalue weighted by Gasteiger charge is -2.18. The number of rotatable bonds is 8. The van der Waals surface area contributed by atoms with Crippen LogP contribution in [0.15, 0.2) is 0 Å². The summed E-state index contributed by atoms with van der Waals surface area (Å²) in [5.41, 5.74) is 0. The third-order valence-electron chi connectivity index (χ3n) is 1.87. The highest BCUT2D eigenvalue weighted by atomic mass is 32.2. The van der Waals surface area contributed by atoms with E-state index < -0.39 is 0 Å². The molecule has 0 aromatic heterocycles. The van der Waals surface area contributed by atoms with Gasteiger partial charge in [-0.3, -0.25) is 4.72 Å². The number of nitrogens with one attached hydrogen (secondary N) is 2. The first kappa shape index (κ1) is 13.2.